The second-order valence-corrected chi connectivity index (χ2v) is 5.27. The maximum Gasteiger partial charge on any atom is 0.323 e. The van der Waals surface area contributed by atoms with E-state index >= 15 is 0 Å². The van der Waals surface area contributed by atoms with Crippen LogP contribution < -0.4 is 5.32 Å². The first kappa shape index (κ1) is 14.6. The van der Waals surface area contributed by atoms with Gasteiger partial charge in [0, 0.05) is 18.7 Å². The minimum atomic E-state index is -0.381. The average Bonchev–Trinajstić information content (AvgIpc) is 2.83. The maximum absolute atomic E-state index is 12.0. The van der Waals surface area contributed by atoms with E-state index < -0.39 is 0 Å². The highest BCUT2D eigenvalue weighted by molar-refractivity contribution is 5.76. The lowest BCUT2D eigenvalue weighted by molar-refractivity contribution is -0.145. The summed E-state index contributed by atoms with van der Waals surface area (Å²) in [4.78, 5) is 16.5. The largest absolute Gasteiger partial charge is 0.506 e. The second kappa shape index (κ2) is 5.81. The van der Waals surface area contributed by atoms with Gasteiger partial charge in [0.1, 0.15) is 17.6 Å². The highest BCUT2D eigenvalue weighted by Crippen LogP contribution is 2.28. The average molecular weight is 301 g/mol. The number of phenolic OH excluding ortho intramolecular Hbond substituents is 1. The van der Waals surface area contributed by atoms with Crippen molar-refractivity contribution in [3.05, 3.63) is 41.5 Å². The van der Waals surface area contributed by atoms with E-state index in [0.29, 0.717) is 25.3 Å². The van der Waals surface area contributed by atoms with E-state index in [0.717, 1.165) is 17.2 Å². The normalized spacial score (nSPS) is 17.1. The number of esters is 1. The number of nitrogens with one attached hydrogen (secondary N) is 1. The van der Waals surface area contributed by atoms with E-state index in [1.807, 2.05) is 23.6 Å². The number of nitrogens with zero attached hydrogens (tertiary/aromatic N) is 2. The van der Waals surface area contributed by atoms with E-state index in [9.17, 15) is 9.90 Å². The summed E-state index contributed by atoms with van der Waals surface area (Å²) in [6, 6.07) is 6.75. The maximum atomic E-state index is 12.0. The molecule has 0 aliphatic carbocycles. The lowest BCUT2D eigenvalue weighted by Crippen LogP contribution is -2.43. The SMILES string of the molecule is CCOC(=O)C1Cc2c(nc(C)n2-c2ccccc2O)CN1. The molecule has 0 fully saturated rings. The molecule has 2 N–H and O–H groups in total. The lowest BCUT2D eigenvalue weighted by atomic mass is 10.0. The zero-order chi connectivity index (χ0) is 15.7. The molecule has 1 aliphatic rings. The zero-order valence-corrected chi connectivity index (χ0v) is 12.7. The molecular weight excluding hydrogens is 282 g/mol. The summed E-state index contributed by atoms with van der Waals surface area (Å²) in [5.74, 6) is 0.727. The quantitative estimate of drug-likeness (QED) is 0.840. The topological polar surface area (TPSA) is 76.4 Å². The number of carbonyl (C=O) groups is 1. The molecule has 0 spiro atoms. The molecule has 116 valence electrons. The van der Waals surface area contributed by atoms with Crippen molar-refractivity contribution in [2.45, 2.75) is 32.9 Å². The fourth-order valence-electron chi connectivity index (χ4n) is 2.85. The summed E-state index contributed by atoms with van der Waals surface area (Å²) in [5, 5.41) is 13.3. The van der Waals surface area contributed by atoms with E-state index in [4.69, 9.17) is 4.74 Å². The predicted octanol–water partition coefficient (Wildman–Crippen LogP) is 1.46. The van der Waals surface area contributed by atoms with Crippen molar-refractivity contribution in [3.8, 4) is 11.4 Å². The van der Waals surface area contributed by atoms with Gasteiger partial charge in [0.15, 0.2) is 0 Å². The second-order valence-electron chi connectivity index (χ2n) is 5.27. The molecule has 0 bridgehead atoms. The van der Waals surface area contributed by atoms with Crippen LogP contribution in [-0.4, -0.2) is 33.3 Å². The molecular formula is C16H19N3O3. The monoisotopic (exact) mass is 301 g/mol. The van der Waals surface area contributed by atoms with Gasteiger partial charge in [-0.15, -0.1) is 0 Å². The first-order valence-corrected chi connectivity index (χ1v) is 7.37. The molecule has 6 nitrogen and oxygen atoms in total. The van der Waals surface area contributed by atoms with Crippen LogP contribution in [0.5, 0.6) is 5.75 Å². The van der Waals surface area contributed by atoms with Gasteiger partial charge in [-0.1, -0.05) is 12.1 Å². The molecule has 1 atom stereocenters. The highest BCUT2D eigenvalue weighted by Gasteiger charge is 2.30. The van der Waals surface area contributed by atoms with E-state index in [1.54, 1.807) is 19.1 Å². The molecule has 22 heavy (non-hydrogen) atoms. The Morgan fingerprint density at radius 1 is 1.50 bits per heavy atom. The van der Waals surface area contributed by atoms with Gasteiger partial charge in [-0.2, -0.15) is 0 Å². The molecule has 1 aromatic carbocycles. The molecule has 0 saturated carbocycles. The summed E-state index contributed by atoms with van der Waals surface area (Å²) in [5.41, 5.74) is 2.52. The zero-order valence-electron chi connectivity index (χ0n) is 12.7. The number of aryl methyl sites for hydroxylation is 1. The lowest BCUT2D eigenvalue weighted by Gasteiger charge is -2.23. The Hall–Kier alpha value is -2.34. The van der Waals surface area contributed by atoms with Crippen LogP contribution in [0.2, 0.25) is 0 Å². The number of benzene rings is 1. The molecule has 1 aliphatic heterocycles. The van der Waals surface area contributed by atoms with Gasteiger partial charge < -0.3 is 9.84 Å². The third-order valence-corrected chi connectivity index (χ3v) is 3.83. The minimum Gasteiger partial charge on any atom is -0.506 e. The Bertz CT molecular complexity index is 709. The van der Waals surface area contributed by atoms with Crippen molar-refractivity contribution < 1.29 is 14.6 Å². The minimum absolute atomic E-state index is 0.192. The van der Waals surface area contributed by atoms with Gasteiger partial charge in [-0.05, 0) is 26.0 Å². The summed E-state index contributed by atoms with van der Waals surface area (Å²) in [6.07, 6.45) is 0.489. The van der Waals surface area contributed by atoms with Gasteiger partial charge >= 0.3 is 5.97 Å². The Morgan fingerprint density at radius 3 is 3.00 bits per heavy atom. The first-order valence-electron chi connectivity index (χ1n) is 7.37. The molecule has 0 saturated heterocycles. The summed E-state index contributed by atoms with van der Waals surface area (Å²) in [7, 11) is 0. The number of carbonyl (C=O) groups excluding carboxylic acids is 1. The van der Waals surface area contributed by atoms with Crippen LogP contribution in [0.4, 0.5) is 0 Å². The van der Waals surface area contributed by atoms with Crippen LogP contribution in [-0.2, 0) is 22.5 Å². The number of fused-ring (bicyclic) bond motifs is 1. The molecule has 0 amide bonds. The molecule has 2 aromatic rings. The Morgan fingerprint density at radius 2 is 2.27 bits per heavy atom. The molecule has 6 heteroatoms. The molecule has 1 aromatic heterocycles. The van der Waals surface area contributed by atoms with Crippen LogP contribution in [0.3, 0.4) is 0 Å². The number of phenols is 1. The standard InChI is InChI=1S/C16H19N3O3/c1-3-22-16(21)11-8-14-12(9-17-11)18-10(2)19(14)13-6-4-5-7-15(13)20/h4-7,11,17,20H,3,8-9H2,1-2H3. The third kappa shape index (κ3) is 2.46. The highest BCUT2D eigenvalue weighted by atomic mass is 16.5. The van der Waals surface area contributed by atoms with Gasteiger partial charge in [-0.3, -0.25) is 14.7 Å². The van der Waals surface area contributed by atoms with Crippen LogP contribution in [0.1, 0.15) is 24.1 Å². The van der Waals surface area contributed by atoms with Crippen molar-refractivity contribution >= 4 is 5.97 Å². The number of ether oxygens (including phenoxy) is 1. The van der Waals surface area contributed by atoms with Crippen LogP contribution >= 0.6 is 0 Å². The number of aromatic nitrogens is 2. The Labute approximate surface area is 128 Å². The van der Waals surface area contributed by atoms with Gasteiger partial charge in [-0.25, -0.2) is 4.98 Å². The predicted molar refractivity (Wildman–Crippen MR) is 80.9 cm³/mol. The number of para-hydroxylation sites is 2. The Balaban J connectivity index is 2.00. The fraction of sp³-hybridized carbons (Fsp3) is 0.375. The van der Waals surface area contributed by atoms with Crippen LogP contribution in [0.15, 0.2) is 24.3 Å². The number of hydrogen-bond acceptors (Lipinski definition) is 5. The van der Waals surface area contributed by atoms with Crippen LogP contribution in [0.25, 0.3) is 5.69 Å². The number of rotatable bonds is 3. The molecule has 0 radical (unpaired) electrons. The molecule has 3 rings (SSSR count). The van der Waals surface area contributed by atoms with Crippen molar-refractivity contribution in [1.82, 2.24) is 14.9 Å². The van der Waals surface area contributed by atoms with Crippen molar-refractivity contribution in [1.29, 1.82) is 0 Å². The van der Waals surface area contributed by atoms with E-state index in [1.165, 1.54) is 0 Å². The van der Waals surface area contributed by atoms with Crippen LogP contribution in [0, 0.1) is 6.92 Å². The Kier molecular flexibility index (Phi) is 3.85. The summed E-state index contributed by atoms with van der Waals surface area (Å²) >= 11 is 0. The smallest absolute Gasteiger partial charge is 0.323 e. The fourth-order valence-corrected chi connectivity index (χ4v) is 2.85. The number of aromatic hydroxyl groups is 1. The first-order chi connectivity index (χ1) is 10.6. The van der Waals surface area contributed by atoms with Gasteiger partial charge in [0.2, 0.25) is 0 Å². The van der Waals surface area contributed by atoms with Gasteiger partial charge in [0.25, 0.3) is 0 Å². The summed E-state index contributed by atoms with van der Waals surface area (Å²) < 4.78 is 7.01. The van der Waals surface area contributed by atoms with Gasteiger partial charge in [0.05, 0.1) is 18.0 Å². The number of imidazole rings is 1. The molecule has 2 heterocycles. The van der Waals surface area contributed by atoms with E-state index in [-0.39, 0.29) is 17.8 Å². The molecule has 1 unspecified atom stereocenters. The third-order valence-electron chi connectivity index (χ3n) is 3.83. The van der Waals surface area contributed by atoms with E-state index in [2.05, 4.69) is 10.3 Å². The summed E-state index contributed by atoms with van der Waals surface area (Å²) in [6.45, 7) is 4.56. The van der Waals surface area contributed by atoms with Crippen molar-refractivity contribution in [2.75, 3.05) is 6.61 Å². The van der Waals surface area contributed by atoms with Crippen molar-refractivity contribution in [3.63, 3.8) is 0 Å². The van der Waals surface area contributed by atoms with Crippen molar-refractivity contribution in [2.24, 2.45) is 0 Å². The number of hydrogen-bond donors (Lipinski definition) is 2.